The quantitative estimate of drug-likeness (QED) is 0.858. The molecule has 3 rings (SSSR count). The smallest absolute Gasteiger partial charge is 0.257 e. The summed E-state index contributed by atoms with van der Waals surface area (Å²) in [4.78, 5) is 14.0. The number of nitrogens with zero attached hydrogens (tertiary/aromatic N) is 1. The second kappa shape index (κ2) is 5.39. The van der Waals surface area contributed by atoms with Gasteiger partial charge in [0.05, 0.1) is 17.1 Å². The minimum atomic E-state index is -3.00. The number of fused-ring (bicyclic) bond motifs is 1. The molecule has 1 unspecified atom stereocenters. The standard InChI is InChI=1S/C15H17FN2O3S/c1-2-18(11-5-6-22(20,21)9-11)8-13-12-7-10(16)3-4-14(12)17-15(13)19/h3-4,7-8,11H,2,5-6,9H2,1H3,(H,17,19)/b13-8+. The topological polar surface area (TPSA) is 66.5 Å². The van der Waals surface area contributed by atoms with E-state index in [1.54, 1.807) is 6.20 Å². The number of hydrogen-bond donors (Lipinski definition) is 1. The molecule has 0 saturated carbocycles. The van der Waals surface area contributed by atoms with Crippen molar-refractivity contribution in [2.75, 3.05) is 23.4 Å². The zero-order valence-electron chi connectivity index (χ0n) is 12.2. The minimum Gasteiger partial charge on any atom is -0.373 e. The number of carbonyl (C=O) groups excluding carboxylic acids is 1. The van der Waals surface area contributed by atoms with E-state index in [0.29, 0.717) is 29.8 Å². The number of rotatable bonds is 3. The first-order chi connectivity index (χ1) is 10.4. The number of amides is 1. The molecular formula is C15H17FN2O3S. The Hall–Kier alpha value is -1.89. The third-order valence-electron chi connectivity index (χ3n) is 4.10. The first-order valence-electron chi connectivity index (χ1n) is 7.19. The van der Waals surface area contributed by atoms with Crippen molar-refractivity contribution < 1.29 is 17.6 Å². The van der Waals surface area contributed by atoms with E-state index >= 15 is 0 Å². The molecule has 22 heavy (non-hydrogen) atoms. The Bertz CT molecular complexity index is 758. The molecular weight excluding hydrogens is 307 g/mol. The third kappa shape index (κ3) is 2.72. The highest BCUT2D eigenvalue weighted by Gasteiger charge is 2.32. The number of benzene rings is 1. The maximum atomic E-state index is 13.4. The molecule has 1 saturated heterocycles. The Morgan fingerprint density at radius 3 is 2.86 bits per heavy atom. The van der Waals surface area contributed by atoms with Gasteiger partial charge in [-0.1, -0.05) is 0 Å². The molecule has 1 atom stereocenters. The molecule has 1 N–H and O–H groups in total. The molecule has 1 aromatic rings. The van der Waals surface area contributed by atoms with Crippen molar-refractivity contribution >= 4 is 27.0 Å². The Morgan fingerprint density at radius 2 is 2.23 bits per heavy atom. The lowest BCUT2D eigenvalue weighted by Crippen LogP contribution is -2.32. The van der Waals surface area contributed by atoms with Crippen molar-refractivity contribution in [1.82, 2.24) is 4.90 Å². The zero-order chi connectivity index (χ0) is 15.9. The Morgan fingerprint density at radius 1 is 1.45 bits per heavy atom. The second-order valence-corrected chi connectivity index (χ2v) is 7.80. The molecule has 0 bridgehead atoms. The van der Waals surface area contributed by atoms with E-state index < -0.39 is 15.7 Å². The fraction of sp³-hybridized carbons (Fsp3) is 0.400. The van der Waals surface area contributed by atoms with Crippen molar-refractivity contribution in [2.45, 2.75) is 19.4 Å². The van der Waals surface area contributed by atoms with Gasteiger partial charge in [0.2, 0.25) is 0 Å². The lowest BCUT2D eigenvalue weighted by atomic mass is 10.1. The van der Waals surface area contributed by atoms with Crippen LogP contribution >= 0.6 is 0 Å². The molecule has 5 nitrogen and oxygen atoms in total. The molecule has 0 spiro atoms. The van der Waals surface area contributed by atoms with Gasteiger partial charge in [0.15, 0.2) is 9.84 Å². The molecule has 118 valence electrons. The number of halogens is 1. The van der Waals surface area contributed by atoms with Gasteiger partial charge in [-0.2, -0.15) is 0 Å². The highest BCUT2D eigenvalue weighted by atomic mass is 32.2. The molecule has 7 heteroatoms. The molecule has 2 aliphatic rings. The van der Waals surface area contributed by atoms with Gasteiger partial charge in [-0.05, 0) is 31.5 Å². The Balaban J connectivity index is 1.94. The maximum Gasteiger partial charge on any atom is 0.257 e. The summed E-state index contributed by atoms with van der Waals surface area (Å²) in [6, 6.07) is 4.01. The fourth-order valence-electron chi connectivity index (χ4n) is 2.95. The summed E-state index contributed by atoms with van der Waals surface area (Å²) < 4.78 is 36.7. The van der Waals surface area contributed by atoms with Gasteiger partial charge in [-0.15, -0.1) is 0 Å². The van der Waals surface area contributed by atoms with Crippen LogP contribution in [0.5, 0.6) is 0 Å². The van der Waals surface area contributed by atoms with Crippen LogP contribution in [-0.4, -0.2) is 43.3 Å². The maximum absolute atomic E-state index is 13.4. The van der Waals surface area contributed by atoms with E-state index in [-0.39, 0.29) is 23.5 Å². The van der Waals surface area contributed by atoms with Gasteiger partial charge in [0.25, 0.3) is 5.91 Å². The van der Waals surface area contributed by atoms with E-state index in [0.717, 1.165) is 0 Å². The van der Waals surface area contributed by atoms with Crippen molar-refractivity contribution in [2.24, 2.45) is 0 Å². The average molecular weight is 324 g/mol. The first kappa shape index (κ1) is 15.0. The normalized spacial score (nSPS) is 24.4. The summed E-state index contributed by atoms with van der Waals surface area (Å²) in [6.07, 6.45) is 2.21. The van der Waals surface area contributed by atoms with Crippen molar-refractivity contribution in [3.8, 4) is 0 Å². The Kier molecular flexibility index (Phi) is 3.68. The van der Waals surface area contributed by atoms with Crippen LogP contribution in [0.15, 0.2) is 24.4 Å². The second-order valence-electron chi connectivity index (χ2n) is 5.57. The molecule has 2 heterocycles. The molecule has 1 aromatic carbocycles. The number of anilines is 1. The molecule has 2 aliphatic heterocycles. The Labute approximate surface area is 128 Å². The summed E-state index contributed by atoms with van der Waals surface area (Å²) in [5.74, 6) is -0.427. The number of sulfone groups is 1. The van der Waals surface area contributed by atoms with Crippen LogP contribution in [-0.2, 0) is 14.6 Å². The predicted molar refractivity (Wildman–Crippen MR) is 82.4 cm³/mol. The van der Waals surface area contributed by atoms with Gasteiger partial charge in [0.1, 0.15) is 5.82 Å². The fourth-order valence-corrected chi connectivity index (χ4v) is 4.69. The van der Waals surface area contributed by atoms with Crippen LogP contribution in [0.4, 0.5) is 10.1 Å². The van der Waals surface area contributed by atoms with Crippen molar-refractivity contribution in [3.05, 3.63) is 35.8 Å². The van der Waals surface area contributed by atoms with Crippen LogP contribution in [0.25, 0.3) is 5.57 Å². The minimum absolute atomic E-state index is 0.0995. The monoisotopic (exact) mass is 324 g/mol. The van der Waals surface area contributed by atoms with Crippen molar-refractivity contribution in [1.29, 1.82) is 0 Å². The highest BCUT2D eigenvalue weighted by molar-refractivity contribution is 7.91. The van der Waals surface area contributed by atoms with Crippen LogP contribution in [0.2, 0.25) is 0 Å². The van der Waals surface area contributed by atoms with Gasteiger partial charge < -0.3 is 10.2 Å². The summed E-state index contributed by atoms with van der Waals surface area (Å²) >= 11 is 0. The number of carbonyl (C=O) groups is 1. The van der Waals surface area contributed by atoms with Crippen LogP contribution < -0.4 is 5.32 Å². The molecule has 0 aliphatic carbocycles. The van der Waals surface area contributed by atoms with Gasteiger partial charge >= 0.3 is 0 Å². The SMILES string of the molecule is CCN(/C=C1/C(=O)Nc2ccc(F)cc21)C1CCS(=O)(=O)C1. The molecule has 1 fully saturated rings. The zero-order valence-corrected chi connectivity index (χ0v) is 13.0. The summed E-state index contributed by atoms with van der Waals surface area (Å²) in [5.41, 5.74) is 1.47. The summed E-state index contributed by atoms with van der Waals surface area (Å²) in [6.45, 7) is 2.49. The van der Waals surface area contributed by atoms with Crippen molar-refractivity contribution in [3.63, 3.8) is 0 Å². The van der Waals surface area contributed by atoms with E-state index in [2.05, 4.69) is 5.32 Å². The summed E-state index contributed by atoms with van der Waals surface area (Å²) in [7, 11) is -3.00. The number of nitrogens with one attached hydrogen (secondary N) is 1. The summed E-state index contributed by atoms with van der Waals surface area (Å²) in [5, 5.41) is 2.69. The largest absolute Gasteiger partial charge is 0.373 e. The lowest BCUT2D eigenvalue weighted by Gasteiger charge is -2.25. The van der Waals surface area contributed by atoms with Crippen LogP contribution in [0.1, 0.15) is 18.9 Å². The van der Waals surface area contributed by atoms with Crippen LogP contribution in [0, 0.1) is 5.82 Å². The number of hydrogen-bond acceptors (Lipinski definition) is 4. The van der Waals surface area contributed by atoms with Crippen LogP contribution in [0.3, 0.4) is 0 Å². The molecule has 0 aromatic heterocycles. The highest BCUT2D eigenvalue weighted by Crippen LogP contribution is 2.33. The van der Waals surface area contributed by atoms with E-state index in [1.165, 1.54) is 18.2 Å². The van der Waals surface area contributed by atoms with E-state index in [9.17, 15) is 17.6 Å². The third-order valence-corrected chi connectivity index (χ3v) is 5.85. The van der Waals surface area contributed by atoms with Gasteiger partial charge in [-0.25, -0.2) is 12.8 Å². The molecule has 1 amide bonds. The van der Waals surface area contributed by atoms with Gasteiger partial charge in [-0.3, -0.25) is 4.79 Å². The average Bonchev–Trinajstić information content (AvgIpc) is 2.96. The predicted octanol–water partition coefficient (Wildman–Crippen LogP) is 1.63. The van der Waals surface area contributed by atoms with E-state index in [4.69, 9.17) is 0 Å². The van der Waals surface area contributed by atoms with E-state index in [1.807, 2.05) is 11.8 Å². The van der Waals surface area contributed by atoms with Gasteiger partial charge in [0, 0.05) is 30.0 Å². The first-order valence-corrected chi connectivity index (χ1v) is 9.01. The lowest BCUT2D eigenvalue weighted by molar-refractivity contribution is -0.110. The molecule has 0 radical (unpaired) electrons.